The van der Waals surface area contributed by atoms with Crippen LogP contribution in [-0.4, -0.2) is 33.9 Å². The first-order chi connectivity index (χ1) is 15.6. The number of hydrogen-bond donors (Lipinski definition) is 1. The first-order valence-corrected chi connectivity index (χ1v) is 11.0. The van der Waals surface area contributed by atoms with Crippen molar-refractivity contribution >= 4 is 12.2 Å². The first-order valence-electron chi connectivity index (χ1n) is 11.0. The third-order valence-corrected chi connectivity index (χ3v) is 5.45. The molecule has 1 atom stereocenters. The Morgan fingerprint density at radius 2 is 1.47 bits per heavy atom. The van der Waals surface area contributed by atoms with Crippen LogP contribution in [0.5, 0.6) is 17.2 Å². The lowest BCUT2D eigenvalue weighted by Crippen LogP contribution is -2.30. The van der Waals surface area contributed by atoms with Gasteiger partial charge in [-0.15, -0.1) is 0 Å². The second kappa shape index (κ2) is 12.0. The average Bonchev–Trinajstić information content (AvgIpc) is 2.83. The van der Waals surface area contributed by atoms with Crippen LogP contribution < -0.4 is 19.5 Å². The highest BCUT2D eigenvalue weighted by atomic mass is 16.5. The van der Waals surface area contributed by atoms with Gasteiger partial charge in [-0.05, 0) is 72.8 Å². The van der Waals surface area contributed by atoms with Gasteiger partial charge in [-0.3, -0.25) is 0 Å². The summed E-state index contributed by atoms with van der Waals surface area (Å²) in [6.07, 6.45) is 6.14. The van der Waals surface area contributed by atoms with E-state index in [0.717, 1.165) is 36.6 Å². The molecule has 0 aliphatic carbocycles. The summed E-state index contributed by atoms with van der Waals surface area (Å²) < 4.78 is 16.2. The molecule has 0 spiro atoms. The Hall–Kier alpha value is -3.24. The molecular weight excluding hydrogens is 398 g/mol. The summed E-state index contributed by atoms with van der Waals surface area (Å²) in [5, 5.41) is 3.65. The molecule has 0 saturated heterocycles. The predicted molar refractivity (Wildman–Crippen MR) is 133 cm³/mol. The van der Waals surface area contributed by atoms with Crippen molar-refractivity contribution in [3.63, 3.8) is 0 Å². The lowest BCUT2D eigenvalue weighted by molar-refractivity contribution is 0.393. The van der Waals surface area contributed by atoms with Crippen LogP contribution in [0.3, 0.4) is 0 Å². The Bertz CT molecular complexity index is 992. The monoisotopic (exact) mass is 431 g/mol. The number of rotatable bonds is 11. The van der Waals surface area contributed by atoms with Gasteiger partial charge >= 0.3 is 0 Å². The van der Waals surface area contributed by atoms with Crippen LogP contribution in [0.1, 0.15) is 29.2 Å². The van der Waals surface area contributed by atoms with Crippen molar-refractivity contribution in [2.24, 2.45) is 0 Å². The van der Waals surface area contributed by atoms with Crippen LogP contribution in [0, 0.1) is 0 Å². The van der Waals surface area contributed by atoms with Gasteiger partial charge in [-0.1, -0.05) is 48.6 Å². The molecule has 4 heteroatoms. The molecule has 0 bridgehead atoms. The zero-order chi connectivity index (χ0) is 22.8. The molecule has 1 N–H and O–H groups in total. The zero-order valence-corrected chi connectivity index (χ0v) is 19.4. The van der Waals surface area contributed by atoms with Crippen LogP contribution in [-0.2, 0) is 12.8 Å². The molecule has 3 aromatic carbocycles. The maximum Gasteiger partial charge on any atom is 0.122 e. The van der Waals surface area contributed by atoms with Crippen LogP contribution in [0.15, 0.2) is 66.7 Å². The zero-order valence-electron chi connectivity index (χ0n) is 19.4. The van der Waals surface area contributed by atoms with Gasteiger partial charge in [0.1, 0.15) is 17.2 Å². The minimum Gasteiger partial charge on any atom is -0.497 e. The summed E-state index contributed by atoms with van der Waals surface area (Å²) in [4.78, 5) is 0. The van der Waals surface area contributed by atoms with Crippen molar-refractivity contribution in [1.82, 2.24) is 5.32 Å². The van der Waals surface area contributed by atoms with E-state index in [2.05, 4.69) is 72.9 Å². The van der Waals surface area contributed by atoms with Gasteiger partial charge in [0.05, 0.1) is 21.3 Å². The first kappa shape index (κ1) is 23.4. The number of ether oxygens (including phenoxy) is 3. The van der Waals surface area contributed by atoms with Gasteiger partial charge in [0.15, 0.2) is 0 Å². The van der Waals surface area contributed by atoms with E-state index >= 15 is 0 Å². The van der Waals surface area contributed by atoms with E-state index in [1.807, 2.05) is 18.2 Å². The summed E-state index contributed by atoms with van der Waals surface area (Å²) >= 11 is 0. The fourth-order valence-corrected chi connectivity index (χ4v) is 3.67. The topological polar surface area (TPSA) is 39.7 Å². The molecule has 0 fully saturated rings. The van der Waals surface area contributed by atoms with Gasteiger partial charge in [-0.2, -0.15) is 0 Å². The van der Waals surface area contributed by atoms with E-state index in [-0.39, 0.29) is 0 Å². The molecule has 3 rings (SSSR count). The maximum absolute atomic E-state index is 5.47. The summed E-state index contributed by atoms with van der Waals surface area (Å²) in [6.45, 7) is 3.09. The molecule has 3 aromatic rings. The van der Waals surface area contributed by atoms with Crippen molar-refractivity contribution in [1.29, 1.82) is 0 Å². The molecule has 0 aliphatic heterocycles. The molecule has 0 aliphatic rings. The average molecular weight is 432 g/mol. The standard InChI is InChI=1S/C28H33NO3/c1-21(29-15-14-23-17-27(31-3)20-28(18-23)32-4)16-25-19-26(30-2)13-12-24(25)11-10-22-8-6-5-7-9-22/h5-13,17-21,29H,14-16H2,1-4H3. The van der Waals surface area contributed by atoms with Crippen LogP contribution >= 0.6 is 0 Å². The highest BCUT2D eigenvalue weighted by Crippen LogP contribution is 2.23. The molecule has 32 heavy (non-hydrogen) atoms. The third-order valence-electron chi connectivity index (χ3n) is 5.45. The molecule has 0 amide bonds. The number of methoxy groups -OCH3 is 3. The fourth-order valence-electron chi connectivity index (χ4n) is 3.67. The molecular formula is C28H33NO3. The van der Waals surface area contributed by atoms with Gasteiger partial charge in [0.2, 0.25) is 0 Å². The Morgan fingerprint density at radius 1 is 0.781 bits per heavy atom. The number of nitrogens with one attached hydrogen (secondary N) is 1. The van der Waals surface area contributed by atoms with E-state index in [0.29, 0.717) is 6.04 Å². The minimum absolute atomic E-state index is 0.318. The van der Waals surface area contributed by atoms with Crippen LogP contribution in [0.4, 0.5) is 0 Å². The smallest absolute Gasteiger partial charge is 0.122 e. The van der Waals surface area contributed by atoms with E-state index in [9.17, 15) is 0 Å². The number of hydrogen-bond acceptors (Lipinski definition) is 4. The van der Waals surface area contributed by atoms with E-state index in [4.69, 9.17) is 14.2 Å². The second-order valence-electron chi connectivity index (χ2n) is 7.84. The number of benzene rings is 3. The summed E-state index contributed by atoms with van der Waals surface area (Å²) in [5.41, 5.74) is 4.85. The van der Waals surface area contributed by atoms with Gasteiger partial charge in [0, 0.05) is 12.1 Å². The molecule has 0 saturated carbocycles. The van der Waals surface area contributed by atoms with Crippen molar-refractivity contribution < 1.29 is 14.2 Å². The Morgan fingerprint density at radius 3 is 2.12 bits per heavy atom. The maximum atomic E-state index is 5.47. The summed E-state index contributed by atoms with van der Waals surface area (Å²) in [7, 11) is 5.07. The molecule has 168 valence electrons. The van der Waals surface area contributed by atoms with E-state index in [1.165, 1.54) is 22.3 Å². The van der Waals surface area contributed by atoms with Crippen molar-refractivity contribution in [3.05, 3.63) is 89.0 Å². The van der Waals surface area contributed by atoms with Crippen LogP contribution in [0.25, 0.3) is 12.2 Å². The Kier molecular flexibility index (Phi) is 8.76. The van der Waals surface area contributed by atoms with Crippen molar-refractivity contribution in [3.8, 4) is 17.2 Å². The third kappa shape index (κ3) is 6.89. The van der Waals surface area contributed by atoms with Gasteiger partial charge < -0.3 is 19.5 Å². The SMILES string of the molecule is COc1cc(CCNC(C)Cc2cc(OC)ccc2C=Cc2ccccc2)cc(OC)c1. The highest BCUT2D eigenvalue weighted by Gasteiger charge is 2.09. The lowest BCUT2D eigenvalue weighted by atomic mass is 9.99. The quantitative estimate of drug-likeness (QED) is 0.399. The highest BCUT2D eigenvalue weighted by molar-refractivity contribution is 5.71. The molecule has 0 radical (unpaired) electrons. The van der Waals surface area contributed by atoms with Crippen LogP contribution in [0.2, 0.25) is 0 Å². The predicted octanol–water partition coefficient (Wildman–Crippen LogP) is 5.65. The van der Waals surface area contributed by atoms with E-state index < -0.39 is 0 Å². The largest absolute Gasteiger partial charge is 0.497 e. The molecule has 1 unspecified atom stereocenters. The summed E-state index contributed by atoms with van der Waals surface area (Å²) in [5.74, 6) is 2.52. The lowest BCUT2D eigenvalue weighted by Gasteiger charge is -2.17. The molecule has 4 nitrogen and oxygen atoms in total. The molecule has 0 aromatic heterocycles. The van der Waals surface area contributed by atoms with Crippen molar-refractivity contribution in [2.45, 2.75) is 25.8 Å². The fraction of sp³-hybridized carbons (Fsp3) is 0.286. The second-order valence-corrected chi connectivity index (χ2v) is 7.84. The molecule has 0 heterocycles. The van der Waals surface area contributed by atoms with E-state index in [1.54, 1.807) is 21.3 Å². The Labute approximate surface area is 191 Å². The van der Waals surface area contributed by atoms with Crippen molar-refractivity contribution in [2.75, 3.05) is 27.9 Å². The minimum atomic E-state index is 0.318. The summed E-state index contributed by atoms with van der Waals surface area (Å²) in [6, 6.07) is 23.0. The normalized spacial score (nSPS) is 12.0. The van der Waals surface area contributed by atoms with Gasteiger partial charge in [0.25, 0.3) is 0 Å². The van der Waals surface area contributed by atoms with Gasteiger partial charge in [-0.25, -0.2) is 0 Å². The Balaban J connectivity index is 1.63.